The Labute approximate surface area is 110 Å². The predicted octanol–water partition coefficient (Wildman–Crippen LogP) is 2.00. The van der Waals surface area contributed by atoms with Gasteiger partial charge in [0.2, 0.25) is 0 Å². The van der Waals surface area contributed by atoms with Gasteiger partial charge in [0.25, 0.3) is 0 Å². The molecule has 0 aliphatic heterocycles. The Morgan fingerprint density at radius 3 is 2.45 bits per heavy atom. The molecular weight excluding hydrogens is 277 g/mol. The van der Waals surface area contributed by atoms with Gasteiger partial charge in [-0.3, -0.25) is 0 Å². The number of carboxylic acids is 1. The van der Waals surface area contributed by atoms with Crippen molar-refractivity contribution in [3.05, 3.63) is 34.8 Å². The molecule has 9 heteroatoms. The molecule has 0 atom stereocenters. The van der Waals surface area contributed by atoms with Crippen LogP contribution in [0.5, 0.6) is 0 Å². The van der Waals surface area contributed by atoms with Gasteiger partial charge in [0.1, 0.15) is 5.56 Å². The Balaban J connectivity index is 2.62. The van der Waals surface area contributed by atoms with Crippen LogP contribution in [-0.4, -0.2) is 31.1 Å². The van der Waals surface area contributed by atoms with Gasteiger partial charge < -0.3 is 5.11 Å². The monoisotopic (exact) mass is 286 g/mol. The molecule has 0 saturated carbocycles. The first-order chi connectivity index (χ1) is 9.21. The van der Waals surface area contributed by atoms with Crippen LogP contribution in [0.3, 0.4) is 0 Å². The minimum atomic E-state index is -4.56. The lowest BCUT2D eigenvalue weighted by atomic mass is 10.1. The van der Waals surface area contributed by atoms with Crippen molar-refractivity contribution in [1.82, 2.24) is 20.0 Å². The molecular formula is C11H9F3N4O2. The smallest absolute Gasteiger partial charge is 0.419 e. The second-order valence-electron chi connectivity index (χ2n) is 4.09. The molecule has 20 heavy (non-hydrogen) atoms. The molecule has 0 amide bonds. The standard InChI is InChI=1S/C11H9F3N4O2/c1-5-6(2)16-17-9(8(5)10(19)20)18-4-7(3-15-18)11(12,13)14/h3-4H,1-2H3,(H,19,20). The van der Waals surface area contributed by atoms with Gasteiger partial charge in [-0.2, -0.15) is 23.4 Å². The minimum absolute atomic E-state index is 0.227. The van der Waals surface area contributed by atoms with Gasteiger partial charge in [-0.05, 0) is 19.4 Å². The SMILES string of the molecule is Cc1nnc(-n2cc(C(F)(F)F)cn2)c(C(=O)O)c1C. The second kappa shape index (κ2) is 4.58. The topological polar surface area (TPSA) is 80.9 Å². The largest absolute Gasteiger partial charge is 0.478 e. The number of hydrogen-bond donors (Lipinski definition) is 1. The average molecular weight is 286 g/mol. The number of aromatic nitrogens is 4. The van der Waals surface area contributed by atoms with Gasteiger partial charge in [0.15, 0.2) is 5.82 Å². The molecule has 0 aliphatic rings. The van der Waals surface area contributed by atoms with Crippen molar-refractivity contribution in [2.75, 3.05) is 0 Å². The molecule has 2 rings (SSSR count). The molecule has 2 aromatic rings. The summed E-state index contributed by atoms with van der Waals surface area (Å²) in [4.78, 5) is 11.2. The minimum Gasteiger partial charge on any atom is -0.478 e. The number of hydrogen-bond acceptors (Lipinski definition) is 4. The normalized spacial score (nSPS) is 11.7. The van der Waals surface area contributed by atoms with E-state index in [0.717, 1.165) is 4.68 Å². The quantitative estimate of drug-likeness (QED) is 0.913. The van der Waals surface area contributed by atoms with E-state index in [4.69, 9.17) is 5.11 Å². The summed E-state index contributed by atoms with van der Waals surface area (Å²) in [6.07, 6.45) is -3.29. The van der Waals surface area contributed by atoms with E-state index in [1.165, 1.54) is 6.92 Å². The van der Waals surface area contributed by atoms with Gasteiger partial charge in [-0.1, -0.05) is 0 Å². The van der Waals surface area contributed by atoms with E-state index in [9.17, 15) is 18.0 Å². The number of nitrogens with zero attached hydrogens (tertiary/aromatic N) is 4. The van der Waals surface area contributed by atoms with Gasteiger partial charge in [-0.25, -0.2) is 9.48 Å². The molecule has 106 valence electrons. The fourth-order valence-corrected chi connectivity index (χ4v) is 1.60. The lowest BCUT2D eigenvalue weighted by Gasteiger charge is -2.08. The molecule has 0 spiro atoms. The van der Waals surface area contributed by atoms with E-state index in [-0.39, 0.29) is 11.4 Å². The molecule has 0 bridgehead atoms. The van der Waals surface area contributed by atoms with E-state index in [1.807, 2.05) is 0 Å². The van der Waals surface area contributed by atoms with Crippen molar-refractivity contribution in [2.24, 2.45) is 0 Å². The van der Waals surface area contributed by atoms with Crippen LogP contribution in [0.4, 0.5) is 13.2 Å². The van der Waals surface area contributed by atoms with Crippen LogP contribution in [0.15, 0.2) is 12.4 Å². The maximum atomic E-state index is 12.5. The van der Waals surface area contributed by atoms with Crippen LogP contribution in [0.1, 0.15) is 27.2 Å². The van der Waals surface area contributed by atoms with Crippen LogP contribution in [0.25, 0.3) is 5.82 Å². The van der Waals surface area contributed by atoms with E-state index in [0.29, 0.717) is 23.7 Å². The maximum absolute atomic E-state index is 12.5. The highest BCUT2D eigenvalue weighted by Crippen LogP contribution is 2.29. The van der Waals surface area contributed by atoms with Crippen molar-refractivity contribution in [3.8, 4) is 5.82 Å². The van der Waals surface area contributed by atoms with E-state index >= 15 is 0 Å². The molecule has 0 aromatic carbocycles. The van der Waals surface area contributed by atoms with Crippen LogP contribution < -0.4 is 0 Å². The van der Waals surface area contributed by atoms with Crippen molar-refractivity contribution < 1.29 is 23.1 Å². The first-order valence-corrected chi connectivity index (χ1v) is 5.41. The highest BCUT2D eigenvalue weighted by atomic mass is 19.4. The van der Waals surface area contributed by atoms with Crippen molar-refractivity contribution in [2.45, 2.75) is 20.0 Å². The highest BCUT2D eigenvalue weighted by Gasteiger charge is 2.33. The highest BCUT2D eigenvalue weighted by molar-refractivity contribution is 5.92. The number of rotatable bonds is 2. The van der Waals surface area contributed by atoms with Gasteiger partial charge in [-0.15, -0.1) is 5.10 Å². The van der Waals surface area contributed by atoms with Gasteiger partial charge in [0.05, 0.1) is 17.5 Å². The zero-order valence-electron chi connectivity index (χ0n) is 10.4. The van der Waals surface area contributed by atoms with Crippen LogP contribution in [0.2, 0.25) is 0 Å². The number of carbonyl (C=O) groups is 1. The Morgan fingerprint density at radius 2 is 1.95 bits per heavy atom. The lowest BCUT2D eigenvalue weighted by Crippen LogP contribution is -2.13. The summed E-state index contributed by atoms with van der Waals surface area (Å²) in [5.41, 5.74) is -0.510. The fraction of sp³-hybridized carbons (Fsp3) is 0.273. The number of carboxylic acid groups (broad SMARTS) is 1. The Hall–Kier alpha value is -2.45. The van der Waals surface area contributed by atoms with Crippen molar-refractivity contribution in [1.29, 1.82) is 0 Å². The molecule has 0 radical (unpaired) electrons. The summed E-state index contributed by atoms with van der Waals surface area (Å²) in [7, 11) is 0. The summed E-state index contributed by atoms with van der Waals surface area (Å²) in [6, 6.07) is 0. The molecule has 2 heterocycles. The van der Waals surface area contributed by atoms with Crippen LogP contribution in [0, 0.1) is 13.8 Å². The zero-order chi connectivity index (χ0) is 15.1. The third-order valence-corrected chi connectivity index (χ3v) is 2.78. The first-order valence-electron chi connectivity index (χ1n) is 5.41. The number of alkyl halides is 3. The van der Waals surface area contributed by atoms with E-state index in [2.05, 4.69) is 15.3 Å². The summed E-state index contributed by atoms with van der Waals surface area (Å²) in [5.74, 6) is -1.56. The van der Waals surface area contributed by atoms with E-state index < -0.39 is 17.7 Å². The summed E-state index contributed by atoms with van der Waals surface area (Å²) >= 11 is 0. The van der Waals surface area contributed by atoms with Gasteiger partial charge >= 0.3 is 12.1 Å². The molecule has 6 nitrogen and oxygen atoms in total. The molecule has 0 unspecified atom stereocenters. The maximum Gasteiger partial charge on any atom is 0.419 e. The number of halogens is 3. The van der Waals surface area contributed by atoms with Crippen molar-refractivity contribution >= 4 is 5.97 Å². The Bertz CT molecular complexity index is 679. The molecule has 0 aliphatic carbocycles. The number of aryl methyl sites for hydroxylation is 1. The van der Waals surface area contributed by atoms with Crippen LogP contribution in [-0.2, 0) is 6.18 Å². The molecule has 1 N–H and O–H groups in total. The van der Waals surface area contributed by atoms with Crippen LogP contribution >= 0.6 is 0 Å². The Kier molecular flexibility index (Phi) is 3.20. The molecule has 2 aromatic heterocycles. The zero-order valence-corrected chi connectivity index (χ0v) is 10.4. The summed E-state index contributed by atoms with van der Waals surface area (Å²) < 4.78 is 38.3. The van der Waals surface area contributed by atoms with Gasteiger partial charge in [0, 0.05) is 6.20 Å². The molecule has 0 fully saturated rings. The third kappa shape index (κ3) is 2.33. The summed E-state index contributed by atoms with van der Waals surface area (Å²) in [5, 5.41) is 20.0. The van der Waals surface area contributed by atoms with Crippen molar-refractivity contribution in [3.63, 3.8) is 0 Å². The average Bonchev–Trinajstić information content (AvgIpc) is 2.80. The lowest BCUT2D eigenvalue weighted by molar-refractivity contribution is -0.137. The third-order valence-electron chi connectivity index (χ3n) is 2.78. The predicted molar refractivity (Wildman–Crippen MR) is 60.6 cm³/mol. The summed E-state index contributed by atoms with van der Waals surface area (Å²) in [6.45, 7) is 3.06. The number of aromatic carboxylic acids is 1. The van der Waals surface area contributed by atoms with E-state index in [1.54, 1.807) is 6.92 Å². The second-order valence-corrected chi connectivity index (χ2v) is 4.09. The fourth-order valence-electron chi connectivity index (χ4n) is 1.60. The Morgan fingerprint density at radius 1 is 1.30 bits per heavy atom. The first kappa shape index (κ1) is 14.0. The molecule has 0 saturated heterocycles.